The fourth-order valence-corrected chi connectivity index (χ4v) is 11.8. The lowest BCUT2D eigenvalue weighted by Crippen LogP contribution is -2.50. The maximum absolute atomic E-state index is 13.6. The number of rotatable bonds is 9. The summed E-state index contributed by atoms with van der Waals surface area (Å²) < 4.78 is 27.9. The van der Waals surface area contributed by atoms with Crippen LogP contribution in [0.15, 0.2) is 47.2 Å². The molecule has 7 nitrogen and oxygen atoms in total. The zero-order chi connectivity index (χ0) is 29.6. The Labute approximate surface area is 241 Å². The first kappa shape index (κ1) is 28.8. The van der Waals surface area contributed by atoms with Crippen molar-refractivity contribution in [3.05, 3.63) is 76.9 Å². The van der Waals surface area contributed by atoms with Gasteiger partial charge in [-0.05, 0) is 57.9 Å². The monoisotopic (exact) mass is 574 g/mol. The predicted octanol–water partition coefficient (Wildman–Crippen LogP) is 8.00. The lowest BCUT2D eigenvalue weighted by Gasteiger charge is -2.42. The van der Waals surface area contributed by atoms with Crippen molar-refractivity contribution in [1.82, 2.24) is 19.7 Å². The first-order valence-corrected chi connectivity index (χ1v) is 16.4. The fourth-order valence-electron chi connectivity index (χ4n) is 6.58. The van der Waals surface area contributed by atoms with Crippen LogP contribution in [0, 0.1) is 12.7 Å². The summed E-state index contributed by atoms with van der Waals surface area (Å²) in [4.78, 5) is 9.47. The van der Waals surface area contributed by atoms with Crippen LogP contribution in [0.5, 0.6) is 11.6 Å². The molecule has 216 valence electrons. The van der Waals surface area contributed by atoms with Crippen LogP contribution in [0.2, 0.25) is 16.6 Å². The third kappa shape index (κ3) is 5.12. The molecule has 0 aliphatic rings. The zero-order valence-electron chi connectivity index (χ0n) is 25.1. The van der Waals surface area contributed by atoms with Crippen LogP contribution >= 0.6 is 0 Å². The molecule has 0 bridgehead atoms. The molecule has 0 fully saturated rings. The SMILES string of the molecule is Cc1nc(Cc2c3cc(Cc4ccc(F)cc4)cnc3c(O[Si](C(C)C)(C(C)C)C(C)C)c3c(O)n(C)cc23)no1. The summed E-state index contributed by atoms with van der Waals surface area (Å²) in [5, 5.41) is 18.0. The molecule has 2 aromatic carbocycles. The maximum atomic E-state index is 13.6. The smallest absolute Gasteiger partial charge is 0.258 e. The van der Waals surface area contributed by atoms with Gasteiger partial charge in [0, 0.05) is 43.6 Å². The van der Waals surface area contributed by atoms with E-state index < -0.39 is 8.32 Å². The summed E-state index contributed by atoms with van der Waals surface area (Å²) in [6.45, 7) is 15.3. The minimum atomic E-state index is -2.42. The van der Waals surface area contributed by atoms with E-state index in [1.54, 1.807) is 23.6 Å². The van der Waals surface area contributed by atoms with Gasteiger partial charge in [-0.25, -0.2) is 4.39 Å². The molecular formula is C32H39FN4O3Si. The van der Waals surface area contributed by atoms with E-state index in [2.05, 4.69) is 57.7 Å². The van der Waals surface area contributed by atoms with Crippen molar-refractivity contribution in [2.45, 2.75) is 77.9 Å². The van der Waals surface area contributed by atoms with Gasteiger partial charge in [0.05, 0.1) is 5.39 Å². The number of aromatic hydroxyl groups is 1. The number of benzene rings is 2. The largest absolute Gasteiger partial charge is 0.541 e. The minimum absolute atomic E-state index is 0.138. The van der Waals surface area contributed by atoms with Crippen molar-refractivity contribution in [2.24, 2.45) is 7.05 Å². The Morgan fingerprint density at radius 3 is 2.22 bits per heavy atom. The number of pyridine rings is 1. The quantitative estimate of drug-likeness (QED) is 0.180. The number of aryl methyl sites for hydroxylation is 2. The molecule has 0 atom stereocenters. The molecule has 3 aromatic heterocycles. The molecule has 0 amide bonds. The summed E-state index contributed by atoms with van der Waals surface area (Å²) in [5.74, 6) is 1.56. The number of fused-ring (bicyclic) bond motifs is 2. The highest BCUT2D eigenvalue weighted by molar-refractivity contribution is 6.78. The summed E-state index contributed by atoms with van der Waals surface area (Å²) in [6, 6.07) is 8.68. The van der Waals surface area contributed by atoms with Gasteiger partial charge < -0.3 is 18.6 Å². The molecule has 0 spiro atoms. The van der Waals surface area contributed by atoms with Crippen molar-refractivity contribution in [1.29, 1.82) is 0 Å². The Kier molecular flexibility index (Phi) is 7.67. The van der Waals surface area contributed by atoms with E-state index in [0.29, 0.717) is 57.8 Å². The Bertz CT molecular complexity index is 1680. The van der Waals surface area contributed by atoms with Gasteiger partial charge in [0.25, 0.3) is 8.32 Å². The highest BCUT2D eigenvalue weighted by Crippen LogP contribution is 2.49. The van der Waals surface area contributed by atoms with Crippen LogP contribution < -0.4 is 4.43 Å². The van der Waals surface area contributed by atoms with Crippen LogP contribution in [0.4, 0.5) is 4.39 Å². The molecular weight excluding hydrogens is 535 g/mol. The average molecular weight is 575 g/mol. The van der Waals surface area contributed by atoms with Gasteiger partial charge in [-0.1, -0.05) is 58.8 Å². The minimum Gasteiger partial charge on any atom is -0.541 e. The van der Waals surface area contributed by atoms with Crippen molar-refractivity contribution in [3.63, 3.8) is 0 Å². The van der Waals surface area contributed by atoms with Crippen LogP contribution in [0.25, 0.3) is 21.7 Å². The second-order valence-corrected chi connectivity index (χ2v) is 17.4. The third-order valence-electron chi connectivity index (χ3n) is 8.40. The molecule has 9 heteroatoms. The molecule has 41 heavy (non-hydrogen) atoms. The third-order valence-corrected chi connectivity index (χ3v) is 14.4. The molecule has 1 N–H and O–H groups in total. The van der Waals surface area contributed by atoms with Crippen molar-refractivity contribution in [3.8, 4) is 11.6 Å². The molecule has 0 unspecified atom stereocenters. The number of nitrogens with zero attached hydrogens (tertiary/aromatic N) is 4. The molecule has 0 saturated heterocycles. The lowest BCUT2D eigenvalue weighted by atomic mass is 9.96. The number of hydrogen-bond donors (Lipinski definition) is 1. The number of hydrogen-bond acceptors (Lipinski definition) is 6. The lowest BCUT2D eigenvalue weighted by molar-refractivity contribution is 0.388. The average Bonchev–Trinajstić information content (AvgIpc) is 3.46. The second kappa shape index (κ2) is 10.9. The summed E-state index contributed by atoms with van der Waals surface area (Å²) in [5.41, 5.74) is 4.62. The van der Waals surface area contributed by atoms with Crippen LogP contribution in [-0.2, 0) is 19.9 Å². The summed E-state index contributed by atoms with van der Waals surface area (Å²) >= 11 is 0. The van der Waals surface area contributed by atoms with E-state index in [1.807, 2.05) is 19.4 Å². The number of aromatic nitrogens is 4. The number of halogens is 1. The van der Waals surface area contributed by atoms with Crippen LogP contribution in [0.3, 0.4) is 0 Å². The van der Waals surface area contributed by atoms with E-state index in [1.165, 1.54) is 12.1 Å². The second-order valence-electron chi connectivity index (χ2n) is 12.0. The Morgan fingerprint density at radius 1 is 0.976 bits per heavy atom. The van der Waals surface area contributed by atoms with Gasteiger partial charge >= 0.3 is 0 Å². The zero-order valence-corrected chi connectivity index (χ0v) is 26.1. The van der Waals surface area contributed by atoms with Gasteiger partial charge in [-0.15, -0.1) is 0 Å². The van der Waals surface area contributed by atoms with Gasteiger partial charge in [0.15, 0.2) is 5.82 Å². The van der Waals surface area contributed by atoms with Crippen LogP contribution in [0.1, 0.15) is 69.9 Å². The Hall–Kier alpha value is -3.72. The summed E-state index contributed by atoms with van der Waals surface area (Å²) in [6.07, 6.45) is 4.79. The fraction of sp³-hybridized carbons (Fsp3) is 0.406. The molecule has 3 heterocycles. The summed E-state index contributed by atoms with van der Waals surface area (Å²) in [7, 11) is -0.589. The highest BCUT2D eigenvalue weighted by Gasteiger charge is 2.48. The first-order valence-electron chi connectivity index (χ1n) is 14.3. The van der Waals surface area contributed by atoms with E-state index >= 15 is 0 Å². The van der Waals surface area contributed by atoms with E-state index in [0.717, 1.165) is 27.5 Å². The molecule has 0 aliphatic heterocycles. The predicted molar refractivity (Wildman–Crippen MR) is 163 cm³/mol. The van der Waals surface area contributed by atoms with Crippen molar-refractivity contribution in [2.75, 3.05) is 0 Å². The van der Waals surface area contributed by atoms with Crippen LogP contribution in [-0.4, -0.2) is 33.1 Å². The topological polar surface area (TPSA) is 86.2 Å². The van der Waals surface area contributed by atoms with E-state index in [-0.39, 0.29) is 11.7 Å². The van der Waals surface area contributed by atoms with Gasteiger partial charge in [0.2, 0.25) is 11.8 Å². The Balaban J connectivity index is 1.81. The Morgan fingerprint density at radius 2 is 1.63 bits per heavy atom. The van der Waals surface area contributed by atoms with Gasteiger partial charge in [-0.2, -0.15) is 4.98 Å². The van der Waals surface area contributed by atoms with Crippen molar-refractivity contribution >= 4 is 30.0 Å². The normalized spacial score (nSPS) is 12.5. The standard InChI is InChI=1S/C32H39FN4O3Si/c1-18(2)41(19(3)4,20(5)6)40-31-29-27(17-37(8)32(29)38)25(15-28-35-21(7)39-36-28)26-14-23(16-34-30(26)31)13-22-9-11-24(33)12-10-22/h9-12,14,16-20,38H,13,15H2,1-8H3. The maximum Gasteiger partial charge on any atom is 0.258 e. The molecule has 5 rings (SSSR count). The van der Waals surface area contributed by atoms with E-state index in [4.69, 9.17) is 13.9 Å². The highest BCUT2D eigenvalue weighted by atomic mass is 28.4. The van der Waals surface area contributed by atoms with Gasteiger partial charge in [0.1, 0.15) is 17.1 Å². The molecule has 0 saturated carbocycles. The molecule has 0 aliphatic carbocycles. The molecule has 5 aromatic rings. The van der Waals surface area contributed by atoms with E-state index in [9.17, 15) is 9.50 Å². The van der Waals surface area contributed by atoms with Gasteiger partial charge in [-0.3, -0.25) is 4.98 Å². The molecule has 0 radical (unpaired) electrons. The first-order chi connectivity index (χ1) is 19.4. The van der Waals surface area contributed by atoms with Crippen molar-refractivity contribution < 1.29 is 18.4 Å².